The maximum atomic E-state index is 13.4. The van der Waals surface area contributed by atoms with Gasteiger partial charge in [0.2, 0.25) is 0 Å². The molecular formula is C13H8ClF2NO. The van der Waals surface area contributed by atoms with E-state index >= 15 is 0 Å². The Hall–Kier alpha value is -1.81. The van der Waals surface area contributed by atoms with Gasteiger partial charge in [0.05, 0.1) is 10.6 Å². The molecule has 0 amide bonds. The minimum atomic E-state index is -0.744. The van der Waals surface area contributed by atoms with Crippen LogP contribution < -0.4 is 0 Å². The number of ketones is 1. The van der Waals surface area contributed by atoms with Crippen molar-refractivity contribution >= 4 is 17.4 Å². The molecule has 0 atom stereocenters. The molecule has 0 unspecified atom stereocenters. The molecule has 2 nitrogen and oxygen atoms in total. The summed E-state index contributed by atoms with van der Waals surface area (Å²) in [7, 11) is 0. The highest BCUT2D eigenvalue weighted by molar-refractivity contribution is 6.31. The molecule has 0 aliphatic heterocycles. The van der Waals surface area contributed by atoms with Gasteiger partial charge in [-0.1, -0.05) is 11.6 Å². The standard InChI is InChI=1S/C13H8ClF2NO/c14-11-7-17-4-3-8(11)5-13(18)10-6-9(15)1-2-12(10)16/h1-4,6-7H,5H2. The number of benzene rings is 1. The van der Waals surface area contributed by atoms with E-state index in [0.29, 0.717) is 10.6 Å². The van der Waals surface area contributed by atoms with Crippen molar-refractivity contribution < 1.29 is 13.6 Å². The normalized spacial score (nSPS) is 10.4. The minimum Gasteiger partial charge on any atom is -0.294 e. The molecule has 0 saturated heterocycles. The summed E-state index contributed by atoms with van der Waals surface area (Å²) in [6.07, 6.45) is 2.78. The molecular weight excluding hydrogens is 260 g/mol. The van der Waals surface area contributed by atoms with Gasteiger partial charge in [0, 0.05) is 18.8 Å². The smallest absolute Gasteiger partial charge is 0.170 e. The van der Waals surface area contributed by atoms with Gasteiger partial charge in [-0.2, -0.15) is 0 Å². The Labute approximate surface area is 107 Å². The number of nitrogens with zero attached hydrogens (tertiary/aromatic N) is 1. The molecule has 5 heteroatoms. The maximum Gasteiger partial charge on any atom is 0.170 e. The molecule has 0 N–H and O–H groups in total. The lowest BCUT2D eigenvalue weighted by atomic mass is 10.0. The number of Topliss-reactive ketones (excluding diaryl/α,β-unsaturated/α-hetero) is 1. The first-order valence-corrected chi connectivity index (χ1v) is 5.52. The van der Waals surface area contributed by atoms with Crippen LogP contribution in [-0.4, -0.2) is 10.8 Å². The summed E-state index contributed by atoms with van der Waals surface area (Å²) in [5.74, 6) is -1.92. The van der Waals surface area contributed by atoms with Crippen LogP contribution in [0.25, 0.3) is 0 Å². The van der Waals surface area contributed by atoms with Crippen molar-refractivity contribution in [3.05, 3.63) is 64.4 Å². The molecule has 1 aromatic heterocycles. The van der Waals surface area contributed by atoms with Gasteiger partial charge in [0.25, 0.3) is 0 Å². The van der Waals surface area contributed by atoms with Crippen LogP contribution in [0.1, 0.15) is 15.9 Å². The molecule has 0 fully saturated rings. The topological polar surface area (TPSA) is 30.0 Å². The first-order valence-electron chi connectivity index (χ1n) is 5.14. The van der Waals surface area contributed by atoms with E-state index in [1.807, 2.05) is 0 Å². The zero-order valence-corrected chi connectivity index (χ0v) is 9.92. The largest absolute Gasteiger partial charge is 0.294 e. The molecule has 2 aromatic rings. The summed E-state index contributed by atoms with van der Waals surface area (Å²) in [5.41, 5.74) is 0.253. The molecule has 0 radical (unpaired) electrons. The van der Waals surface area contributed by atoms with Gasteiger partial charge in [-0.05, 0) is 29.8 Å². The second-order valence-electron chi connectivity index (χ2n) is 3.69. The maximum absolute atomic E-state index is 13.4. The molecule has 0 bridgehead atoms. The third-order valence-electron chi connectivity index (χ3n) is 2.44. The van der Waals surface area contributed by atoms with E-state index in [1.54, 1.807) is 6.07 Å². The van der Waals surface area contributed by atoms with Crippen molar-refractivity contribution in [2.45, 2.75) is 6.42 Å². The number of aromatic nitrogens is 1. The lowest BCUT2D eigenvalue weighted by molar-refractivity contribution is 0.0988. The SMILES string of the molecule is O=C(Cc1ccncc1Cl)c1cc(F)ccc1F. The highest BCUT2D eigenvalue weighted by atomic mass is 35.5. The Kier molecular flexibility index (Phi) is 3.67. The average Bonchev–Trinajstić information content (AvgIpc) is 2.35. The van der Waals surface area contributed by atoms with Gasteiger partial charge in [0.15, 0.2) is 5.78 Å². The van der Waals surface area contributed by atoms with E-state index in [-0.39, 0.29) is 12.0 Å². The van der Waals surface area contributed by atoms with Gasteiger partial charge in [-0.15, -0.1) is 0 Å². The van der Waals surface area contributed by atoms with Crippen LogP contribution in [0.4, 0.5) is 8.78 Å². The fraction of sp³-hybridized carbons (Fsp3) is 0.0769. The zero-order valence-electron chi connectivity index (χ0n) is 9.16. The molecule has 0 aliphatic carbocycles. The number of rotatable bonds is 3. The molecule has 1 aromatic carbocycles. The van der Waals surface area contributed by atoms with Crippen molar-refractivity contribution in [1.82, 2.24) is 4.98 Å². The predicted octanol–water partition coefficient (Wildman–Crippen LogP) is 3.44. The number of hydrogen-bond acceptors (Lipinski definition) is 2. The van der Waals surface area contributed by atoms with Crippen LogP contribution in [0.5, 0.6) is 0 Å². The lowest BCUT2D eigenvalue weighted by Crippen LogP contribution is -2.07. The van der Waals surface area contributed by atoms with Gasteiger partial charge in [0.1, 0.15) is 11.6 Å². The van der Waals surface area contributed by atoms with Crippen molar-refractivity contribution in [3.63, 3.8) is 0 Å². The summed E-state index contributed by atoms with van der Waals surface area (Å²) in [6, 6.07) is 4.34. The molecule has 0 aliphatic rings. The van der Waals surface area contributed by atoms with Gasteiger partial charge >= 0.3 is 0 Å². The second kappa shape index (κ2) is 5.23. The van der Waals surface area contributed by atoms with Gasteiger partial charge in [-0.25, -0.2) is 8.78 Å². The average molecular weight is 268 g/mol. The van der Waals surface area contributed by atoms with Crippen LogP contribution in [-0.2, 0) is 6.42 Å². The van der Waals surface area contributed by atoms with Crippen molar-refractivity contribution in [2.24, 2.45) is 0 Å². The third-order valence-corrected chi connectivity index (χ3v) is 2.78. The van der Waals surface area contributed by atoms with E-state index in [1.165, 1.54) is 12.4 Å². The monoisotopic (exact) mass is 267 g/mol. The van der Waals surface area contributed by atoms with E-state index in [4.69, 9.17) is 11.6 Å². The summed E-state index contributed by atoms with van der Waals surface area (Å²) >= 11 is 5.84. The highest BCUT2D eigenvalue weighted by Gasteiger charge is 2.14. The first kappa shape index (κ1) is 12.6. The van der Waals surface area contributed by atoms with Crippen molar-refractivity contribution in [2.75, 3.05) is 0 Å². The second-order valence-corrected chi connectivity index (χ2v) is 4.10. The fourth-order valence-corrected chi connectivity index (χ4v) is 1.71. The Bertz CT molecular complexity index is 601. The summed E-state index contributed by atoms with van der Waals surface area (Å²) < 4.78 is 26.4. The molecule has 0 spiro atoms. The Morgan fingerprint density at radius 2 is 2.06 bits per heavy atom. The quantitative estimate of drug-likeness (QED) is 0.798. The number of carbonyl (C=O) groups excluding carboxylic acids is 1. The summed E-state index contributed by atoms with van der Waals surface area (Å²) in [4.78, 5) is 15.6. The van der Waals surface area contributed by atoms with E-state index < -0.39 is 17.4 Å². The molecule has 92 valence electrons. The van der Waals surface area contributed by atoms with Gasteiger partial charge in [-0.3, -0.25) is 9.78 Å². The lowest BCUT2D eigenvalue weighted by Gasteiger charge is -2.04. The molecule has 2 rings (SSSR count). The van der Waals surface area contributed by atoms with Crippen molar-refractivity contribution in [3.8, 4) is 0 Å². The van der Waals surface area contributed by atoms with Crippen LogP contribution in [0.15, 0.2) is 36.7 Å². The molecule has 18 heavy (non-hydrogen) atoms. The summed E-state index contributed by atoms with van der Waals surface area (Å²) in [5, 5.41) is 0.322. The van der Waals surface area contributed by atoms with Gasteiger partial charge < -0.3 is 0 Å². The van der Waals surface area contributed by atoms with Crippen LogP contribution in [0, 0.1) is 11.6 Å². The van der Waals surface area contributed by atoms with Crippen molar-refractivity contribution in [1.29, 1.82) is 0 Å². The fourth-order valence-electron chi connectivity index (χ4n) is 1.53. The van der Waals surface area contributed by atoms with Crippen LogP contribution in [0.2, 0.25) is 5.02 Å². The zero-order chi connectivity index (χ0) is 13.1. The number of carbonyl (C=O) groups is 1. The molecule has 0 saturated carbocycles. The predicted molar refractivity (Wildman–Crippen MR) is 63.6 cm³/mol. The van der Waals surface area contributed by atoms with E-state index in [9.17, 15) is 13.6 Å². The van der Waals surface area contributed by atoms with Crippen LogP contribution in [0.3, 0.4) is 0 Å². The third kappa shape index (κ3) is 2.71. The number of pyridine rings is 1. The Morgan fingerprint density at radius 1 is 1.28 bits per heavy atom. The number of halogens is 3. The van der Waals surface area contributed by atoms with E-state index in [2.05, 4.69) is 4.98 Å². The summed E-state index contributed by atoms with van der Waals surface area (Å²) in [6.45, 7) is 0. The minimum absolute atomic E-state index is 0.0955. The highest BCUT2D eigenvalue weighted by Crippen LogP contribution is 2.18. The Morgan fingerprint density at radius 3 is 2.78 bits per heavy atom. The number of hydrogen-bond donors (Lipinski definition) is 0. The van der Waals surface area contributed by atoms with E-state index in [0.717, 1.165) is 18.2 Å². The first-order chi connectivity index (χ1) is 8.58. The Balaban J connectivity index is 2.28. The van der Waals surface area contributed by atoms with Crippen LogP contribution >= 0.6 is 11.6 Å². The molecule has 1 heterocycles.